The number of amides is 1. The molecule has 2 aromatic carbocycles. The third-order valence-corrected chi connectivity index (χ3v) is 5.24. The van der Waals surface area contributed by atoms with E-state index in [1.165, 1.54) is 6.08 Å². The minimum Gasteiger partial charge on any atom is -0.497 e. The summed E-state index contributed by atoms with van der Waals surface area (Å²) in [4.78, 5) is 25.3. The van der Waals surface area contributed by atoms with Crippen molar-refractivity contribution in [1.82, 2.24) is 4.90 Å². The van der Waals surface area contributed by atoms with E-state index >= 15 is 0 Å². The van der Waals surface area contributed by atoms with Crippen LogP contribution >= 0.6 is 0 Å². The van der Waals surface area contributed by atoms with Gasteiger partial charge in [-0.3, -0.25) is 0 Å². The van der Waals surface area contributed by atoms with E-state index in [4.69, 9.17) is 19.3 Å². The molecule has 0 spiro atoms. The zero-order chi connectivity index (χ0) is 24.7. The molecule has 1 atom stereocenters. The highest BCUT2D eigenvalue weighted by molar-refractivity contribution is 5.85. The van der Waals surface area contributed by atoms with E-state index < -0.39 is 11.6 Å². The number of methoxy groups -OCH3 is 1. The smallest absolute Gasteiger partial charge is 0.410 e. The Morgan fingerprint density at radius 1 is 1.15 bits per heavy atom. The van der Waals surface area contributed by atoms with E-state index in [0.717, 1.165) is 24.6 Å². The van der Waals surface area contributed by atoms with Gasteiger partial charge in [-0.25, -0.2) is 9.59 Å². The number of aliphatic carboxylic acids is 1. The molecule has 2 aromatic rings. The number of nitrogens with zero attached hydrogens (tertiary/aromatic N) is 1. The Morgan fingerprint density at radius 3 is 2.50 bits per heavy atom. The van der Waals surface area contributed by atoms with Crippen LogP contribution in [-0.2, 0) is 9.53 Å². The molecule has 2 N–H and O–H groups in total. The number of carboxylic acids is 1. The van der Waals surface area contributed by atoms with E-state index in [-0.39, 0.29) is 12.1 Å². The fourth-order valence-electron chi connectivity index (χ4n) is 3.65. The van der Waals surface area contributed by atoms with Crippen LogP contribution < -0.4 is 14.8 Å². The molecule has 1 unspecified atom stereocenters. The van der Waals surface area contributed by atoms with Gasteiger partial charge in [0.2, 0.25) is 0 Å². The molecule has 0 aliphatic carbocycles. The molecule has 34 heavy (non-hydrogen) atoms. The van der Waals surface area contributed by atoms with Crippen molar-refractivity contribution >= 4 is 23.8 Å². The topological polar surface area (TPSA) is 97.3 Å². The number of hydrogen-bond donors (Lipinski definition) is 2. The second kappa shape index (κ2) is 11.0. The first-order valence-electron chi connectivity index (χ1n) is 11.2. The molecule has 1 aliphatic heterocycles. The predicted octanol–water partition coefficient (Wildman–Crippen LogP) is 5.40. The van der Waals surface area contributed by atoms with Crippen molar-refractivity contribution in [2.24, 2.45) is 0 Å². The Kier molecular flexibility index (Phi) is 8.04. The molecule has 0 aromatic heterocycles. The molecule has 1 fully saturated rings. The van der Waals surface area contributed by atoms with Gasteiger partial charge in [-0.15, -0.1) is 0 Å². The van der Waals surface area contributed by atoms with Gasteiger partial charge in [0.05, 0.1) is 18.8 Å². The van der Waals surface area contributed by atoms with Crippen LogP contribution in [0.15, 0.2) is 48.5 Å². The largest absolute Gasteiger partial charge is 0.497 e. The van der Waals surface area contributed by atoms with Gasteiger partial charge in [-0.1, -0.05) is 6.07 Å². The number of rotatable bonds is 8. The highest BCUT2D eigenvalue weighted by Crippen LogP contribution is 2.33. The fourth-order valence-corrected chi connectivity index (χ4v) is 3.65. The number of anilines is 1. The van der Waals surface area contributed by atoms with Crippen LogP contribution in [0, 0.1) is 0 Å². The van der Waals surface area contributed by atoms with Gasteiger partial charge >= 0.3 is 12.1 Å². The van der Waals surface area contributed by atoms with E-state index in [9.17, 15) is 9.59 Å². The van der Waals surface area contributed by atoms with Gasteiger partial charge < -0.3 is 29.5 Å². The van der Waals surface area contributed by atoms with E-state index in [1.54, 1.807) is 42.3 Å². The number of likely N-dealkylation sites (tertiary alicyclic amines) is 1. The summed E-state index contributed by atoms with van der Waals surface area (Å²) in [5.41, 5.74) is 0.878. The molecule has 1 saturated heterocycles. The third kappa shape index (κ3) is 7.16. The molecule has 182 valence electrons. The number of carbonyl (C=O) groups excluding carboxylic acids is 1. The van der Waals surface area contributed by atoms with Crippen LogP contribution in [-0.4, -0.2) is 53.9 Å². The second-order valence-electron chi connectivity index (χ2n) is 9.06. The van der Waals surface area contributed by atoms with Crippen molar-refractivity contribution in [3.63, 3.8) is 0 Å². The fraction of sp³-hybridized carbons (Fsp3) is 0.385. The van der Waals surface area contributed by atoms with Gasteiger partial charge in [0, 0.05) is 19.2 Å². The molecule has 0 radical (unpaired) electrons. The minimum absolute atomic E-state index is 0.00438. The Hall–Kier alpha value is -3.68. The van der Waals surface area contributed by atoms with Crippen LogP contribution in [0.4, 0.5) is 10.5 Å². The van der Waals surface area contributed by atoms with Gasteiger partial charge in [-0.05, 0) is 81.7 Å². The normalized spacial score (nSPS) is 15.9. The van der Waals surface area contributed by atoms with E-state index in [1.807, 2.05) is 32.9 Å². The number of carbonyl (C=O) groups is 2. The van der Waals surface area contributed by atoms with Crippen LogP contribution in [0.25, 0.3) is 6.08 Å². The summed E-state index contributed by atoms with van der Waals surface area (Å²) in [6.07, 6.45) is 4.08. The Bertz CT molecular complexity index is 1030. The molecule has 0 bridgehead atoms. The Morgan fingerprint density at radius 2 is 1.85 bits per heavy atom. The SMILES string of the molecule is COc1ccc(Oc2cc(C=CC(=O)O)ccc2NCC2CCCN2C(=O)OC(C)(C)C)cc1. The summed E-state index contributed by atoms with van der Waals surface area (Å²) < 4.78 is 16.9. The van der Waals surface area contributed by atoms with E-state index in [0.29, 0.717) is 35.9 Å². The summed E-state index contributed by atoms with van der Waals surface area (Å²) >= 11 is 0. The first-order chi connectivity index (χ1) is 16.1. The molecule has 8 heteroatoms. The molecule has 3 rings (SSSR count). The zero-order valence-electron chi connectivity index (χ0n) is 20.0. The first-order valence-corrected chi connectivity index (χ1v) is 11.2. The summed E-state index contributed by atoms with van der Waals surface area (Å²) in [5.74, 6) is 0.842. The summed E-state index contributed by atoms with van der Waals surface area (Å²) in [6, 6.07) is 12.6. The zero-order valence-corrected chi connectivity index (χ0v) is 20.0. The van der Waals surface area contributed by atoms with Crippen molar-refractivity contribution in [1.29, 1.82) is 0 Å². The maximum atomic E-state index is 12.6. The molecule has 1 heterocycles. The van der Waals surface area contributed by atoms with Crippen LogP contribution in [0.2, 0.25) is 0 Å². The minimum atomic E-state index is -1.02. The molecular formula is C26H32N2O6. The predicted molar refractivity (Wildman–Crippen MR) is 131 cm³/mol. The third-order valence-electron chi connectivity index (χ3n) is 5.24. The average Bonchev–Trinajstić information content (AvgIpc) is 3.25. The summed E-state index contributed by atoms with van der Waals surface area (Å²) in [5, 5.41) is 12.3. The standard InChI is InChI=1S/C26H32N2O6/c1-26(2,3)34-25(31)28-15-5-6-19(28)17-27-22-13-7-18(8-14-24(29)30)16-23(22)33-21-11-9-20(32-4)10-12-21/h7-14,16,19,27H,5-6,15,17H2,1-4H3,(H,29,30). The molecular weight excluding hydrogens is 436 g/mol. The highest BCUT2D eigenvalue weighted by Gasteiger charge is 2.32. The lowest BCUT2D eigenvalue weighted by Crippen LogP contribution is -2.42. The Labute approximate surface area is 200 Å². The van der Waals surface area contributed by atoms with Crippen molar-refractivity contribution in [2.75, 3.05) is 25.5 Å². The number of benzene rings is 2. The lowest BCUT2D eigenvalue weighted by Gasteiger charge is -2.29. The van der Waals surface area contributed by atoms with Crippen LogP contribution in [0.1, 0.15) is 39.2 Å². The number of hydrogen-bond acceptors (Lipinski definition) is 6. The second-order valence-corrected chi connectivity index (χ2v) is 9.06. The highest BCUT2D eigenvalue weighted by atomic mass is 16.6. The molecule has 0 saturated carbocycles. The van der Waals surface area contributed by atoms with E-state index in [2.05, 4.69) is 5.32 Å². The van der Waals surface area contributed by atoms with Gasteiger partial charge in [-0.2, -0.15) is 0 Å². The molecule has 1 aliphatic rings. The maximum absolute atomic E-state index is 12.6. The number of nitrogens with one attached hydrogen (secondary N) is 1. The van der Waals surface area contributed by atoms with Crippen LogP contribution in [0.3, 0.4) is 0 Å². The van der Waals surface area contributed by atoms with Crippen LogP contribution in [0.5, 0.6) is 17.2 Å². The lowest BCUT2D eigenvalue weighted by molar-refractivity contribution is -0.131. The number of carboxylic acid groups (broad SMARTS) is 1. The molecule has 8 nitrogen and oxygen atoms in total. The van der Waals surface area contributed by atoms with Gasteiger partial charge in [0.1, 0.15) is 17.1 Å². The quantitative estimate of drug-likeness (QED) is 0.501. The summed E-state index contributed by atoms with van der Waals surface area (Å²) in [7, 11) is 1.60. The van der Waals surface area contributed by atoms with Gasteiger partial charge in [0.25, 0.3) is 0 Å². The Balaban J connectivity index is 1.77. The van der Waals surface area contributed by atoms with Crippen molar-refractivity contribution < 1.29 is 28.9 Å². The van der Waals surface area contributed by atoms with Crippen molar-refractivity contribution in [2.45, 2.75) is 45.3 Å². The van der Waals surface area contributed by atoms with Gasteiger partial charge in [0.15, 0.2) is 5.75 Å². The lowest BCUT2D eigenvalue weighted by atomic mass is 10.1. The van der Waals surface area contributed by atoms with Crippen molar-refractivity contribution in [3.8, 4) is 17.2 Å². The average molecular weight is 469 g/mol. The molecule has 1 amide bonds. The maximum Gasteiger partial charge on any atom is 0.410 e. The first kappa shape index (κ1) is 25.0. The summed E-state index contributed by atoms with van der Waals surface area (Å²) in [6.45, 7) is 6.77. The number of ether oxygens (including phenoxy) is 3. The monoisotopic (exact) mass is 468 g/mol. The van der Waals surface area contributed by atoms with Crippen molar-refractivity contribution in [3.05, 3.63) is 54.1 Å².